The van der Waals surface area contributed by atoms with E-state index in [1.54, 1.807) is 11.0 Å². The molecule has 0 aromatic heterocycles. The summed E-state index contributed by atoms with van der Waals surface area (Å²) in [7, 11) is 0. The van der Waals surface area contributed by atoms with Crippen LogP contribution in [0.3, 0.4) is 0 Å². The summed E-state index contributed by atoms with van der Waals surface area (Å²) in [5.74, 6) is -0.998. The van der Waals surface area contributed by atoms with E-state index in [0.717, 1.165) is 6.42 Å². The lowest BCUT2D eigenvalue weighted by Gasteiger charge is -2.16. The third-order valence-corrected chi connectivity index (χ3v) is 2.99. The predicted octanol–water partition coefficient (Wildman–Crippen LogP) is 2.07. The van der Waals surface area contributed by atoms with E-state index < -0.39 is 5.82 Å². The van der Waals surface area contributed by atoms with E-state index >= 15 is 0 Å². The summed E-state index contributed by atoms with van der Waals surface area (Å²) < 4.78 is 13.6. The highest BCUT2D eigenvalue weighted by molar-refractivity contribution is 6.31. The maximum atomic E-state index is 13.6. The second-order valence-corrected chi connectivity index (χ2v) is 4.31. The monoisotopic (exact) mass is 278 g/mol. The zero-order valence-corrected chi connectivity index (χ0v) is 10.6. The molecule has 0 unspecified atom stereocenters. The van der Waals surface area contributed by atoms with Crippen molar-refractivity contribution in [3.05, 3.63) is 34.6 Å². The number of amides is 1. The van der Waals surface area contributed by atoms with Gasteiger partial charge in [-0.1, -0.05) is 17.7 Å². The largest absolute Gasteiger partial charge is 0.337 e. The van der Waals surface area contributed by atoms with Crippen molar-refractivity contribution >= 4 is 29.9 Å². The molecule has 0 radical (unpaired) electrons. The quantitative estimate of drug-likeness (QED) is 0.855. The first-order chi connectivity index (χ1) is 7.59. The first kappa shape index (κ1) is 14.2. The van der Waals surface area contributed by atoms with Crippen molar-refractivity contribution in [3.8, 4) is 0 Å². The van der Waals surface area contributed by atoms with Gasteiger partial charge in [0.25, 0.3) is 5.91 Å². The van der Waals surface area contributed by atoms with E-state index in [1.165, 1.54) is 12.1 Å². The van der Waals surface area contributed by atoms with E-state index in [9.17, 15) is 9.18 Å². The van der Waals surface area contributed by atoms with Gasteiger partial charge in [-0.05, 0) is 18.6 Å². The molecule has 2 N–H and O–H groups in total. The molecular weight excluding hydrogens is 266 g/mol. The highest BCUT2D eigenvalue weighted by Crippen LogP contribution is 2.20. The predicted molar refractivity (Wildman–Crippen MR) is 67.2 cm³/mol. The smallest absolute Gasteiger partial charge is 0.256 e. The molecule has 1 aromatic carbocycles. The van der Waals surface area contributed by atoms with Gasteiger partial charge in [0.2, 0.25) is 0 Å². The van der Waals surface area contributed by atoms with Crippen LogP contribution in [0.1, 0.15) is 16.8 Å². The van der Waals surface area contributed by atoms with Crippen LogP contribution in [0.25, 0.3) is 0 Å². The third-order valence-electron chi connectivity index (χ3n) is 2.69. The third kappa shape index (κ3) is 2.89. The van der Waals surface area contributed by atoms with Crippen LogP contribution in [-0.2, 0) is 0 Å². The van der Waals surface area contributed by atoms with Crippen molar-refractivity contribution in [2.45, 2.75) is 12.5 Å². The van der Waals surface area contributed by atoms with Crippen molar-refractivity contribution in [1.29, 1.82) is 0 Å². The summed E-state index contributed by atoms with van der Waals surface area (Å²) in [4.78, 5) is 13.5. The maximum Gasteiger partial charge on any atom is 0.256 e. The van der Waals surface area contributed by atoms with E-state index in [1.807, 2.05) is 0 Å². The number of nitrogens with zero attached hydrogens (tertiary/aromatic N) is 1. The van der Waals surface area contributed by atoms with Crippen LogP contribution in [0.5, 0.6) is 0 Å². The van der Waals surface area contributed by atoms with Crippen LogP contribution < -0.4 is 5.73 Å². The summed E-state index contributed by atoms with van der Waals surface area (Å²) in [6.45, 7) is 1.05. The van der Waals surface area contributed by atoms with Crippen molar-refractivity contribution < 1.29 is 9.18 Å². The molecule has 17 heavy (non-hydrogen) atoms. The minimum Gasteiger partial charge on any atom is -0.337 e. The topological polar surface area (TPSA) is 46.3 Å². The number of nitrogens with two attached hydrogens (primary N) is 1. The van der Waals surface area contributed by atoms with Crippen molar-refractivity contribution in [3.63, 3.8) is 0 Å². The minimum atomic E-state index is -0.658. The van der Waals surface area contributed by atoms with Crippen LogP contribution in [-0.4, -0.2) is 29.9 Å². The number of hydrogen-bond donors (Lipinski definition) is 1. The maximum absolute atomic E-state index is 13.6. The zero-order chi connectivity index (χ0) is 11.7. The summed E-state index contributed by atoms with van der Waals surface area (Å²) in [5.41, 5.74) is 5.71. The van der Waals surface area contributed by atoms with Crippen LogP contribution in [0, 0.1) is 5.82 Å². The lowest BCUT2D eigenvalue weighted by Crippen LogP contribution is -2.32. The van der Waals surface area contributed by atoms with Crippen LogP contribution >= 0.6 is 24.0 Å². The van der Waals surface area contributed by atoms with Gasteiger partial charge in [-0.15, -0.1) is 12.4 Å². The van der Waals surface area contributed by atoms with E-state index in [4.69, 9.17) is 17.3 Å². The molecule has 1 atom stereocenters. The highest BCUT2D eigenvalue weighted by Gasteiger charge is 2.26. The molecule has 0 spiro atoms. The Labute approximate surface area is 110 Å². The molecule has 0 bridgehead atoms. The Morgan fingerprint density at radius 2 is 2.24 bits per heavy atom. The number of likely N-dealkylation sites (tertiary alicyclic amines) is 1. The Balaban J connectivity index is 0.00000144. The van der Waals surface area contributed by atoms with Gasteiger partial charge < -0.3 is 10.6 Å². The van der Waals surface area contributed by atoms with Crippen LogP contribution in [0.15, 0.2) is 18.2 Å². The molecule has 1 aromatic rings. The first-order valence-electron chi connectivity index (χ1n) is 5.08. The molecule has 1 fully saturated rings. The SMILES string of the molecule is Cl.N[C@H]1CCN(C(=O)c2cccc(Cl)c2F)C1. The Bertz CT molecular complexity index is 428. The van der Waals surface area contributed by atoms with Gasteiger partial charge in [-0.25, -0.2) is 4.39 Å². The lowest BCUT2D eigenvalue weighted by molar-refractivity contribution is 0.0786. The summed E-state index contributed by atoms with van der Waals surface area (Å²) in [6.07, 6.45) is 0.758. The molecule has 1 aliphatic heterocycles. The molecule has 2 rings (SSSR count). The second-order valence-electron chi connectivity index (χ2n) is 3.90. The number of benzene rings is 1. The molecule has 1 aliphatic rings. The highest BCUT2D eigenvalue weighted by atomic mass is 35.5. The van der Waals surface area contributed by atoms with Gasteiger partial charge in [0.1, 0.15) is 0 Å². The zero-order valence-electron chi connectivity index (χ0n) is 9.03. The summed E-state index contributed by atoms with van der Waals surface area (Å²) in [6, 6.07) is 4.41. The molecule has 0 saturated carbocycles. The lowest BCUT2D eigenvalue weighted by atomic mass is 10.2. The van der Waals surface area contributed by atoms with E-state index in [-0.39, 0.29) is 34.9 Å². The fraction of sp³-hybridized carbons (Fsp3) is 0.364. The summed E-state index contributed by atoms with van der Waals surface area (Å²) in [5, 5.41) is -0.0330. The fourth-order valence-corrected chi connectivity index (χ4v) is 1.99. The Morgan fingerprint density at radius 3 is 2.82 bits per heavy atom. The minimum absolute atomic E-state index is 0. The molecule has 3 nitrogen and oxygen atoms in total. The Morgan fingerprint density at radius 1 is 1.53 bits per heavy atom. The molecular formula is C11H13Cl2FN2O. The molecule has 1 amide bonds. The standard InChI is InChI=1S/C11H12ClFN2O.ClH/c12-9-3-1-2-8(10(9)13)11(16)15-5-4-7(14)6-15;/h1-3,7H,4-6,14H2;1H/t7-;/m0./s1. The van der Waals surface area contributed by atoms with Gasteiger partial charge in [0.05, 0.1) is 10.6 Å². The number of carbonyl (C=O) groups excluding carboxylic acids is 1. The fourth-order valence-electron chi connectivity index (χ4n) is 1.81. The van der Waals surface area contributed by atoms with Crippen molar-refractivity contribution in [2.24, 2.45) is 5.73 Å². The van der Waals surface area contributed by atoms with Crippen LogP contribution in [0.4, 0.5) is 4.39 Å². The molecule has 0 aliphatic carbocycles. The summed E-state index contributed by atoms with van der Waals surface area (Å²) >= 11 is 5.62. The van der Waals surface area contributed by atoms with Gasteiger partial charge in [-0.2, -0.15) is 0 Å². The number of hydrogen-bond acceptors (Lipinski definition) is 2. The van der Waals surface area contributed by atoms with Crippen molar-refractivity contribution in [1.82, 2.24) is 4.90 Å². The van der Waals surface area contributed by atoms with Crippen LogP contribution in [0.2, 0.25) is 5.02 Å². The molecule has 6 heteroatoms. The normalized spacial score (nSPS) is 19.0. The van der Waals surface area contributed by atoms with Crippen molar-refractivity contribution in [2.75, 3.05) is 13.1 Å². The molecule has 1 saturated heterocycles. The molecule has 94 valence electrons. The molecule has 1 heterocycles. The van der Waals surface area contributed by atoms with Gasteiger partial charge in [0.15, 0.2) is 5.82 Å². The Kier molecular flexibility index (Phi) is 4.74. The number of halogens is 3. The van der Waals surface area contributed by atoms with E-state index in [2.05, 4.69) is 0 Å². The Hall–Kier alpha value is -0.840. The van der Waals surface area contributed by atoms with Gasteiger partial charge >= 0.3 is 0 Å². The number of carbonyl (C=O) groups is 1. The average molecular weight is 279 g/mol. The van der Waals surface area contributed by atoms with Gasteiger partial charge in [-0.3, -0.25) is 4.79 Å². The first-order valence-corrected chi connectivity index (χ1v) is 5.46. The number of rotatable bonds is 1. The van der Waals surface area contributed by atoms with Gasteiger partial charge in [0, 0.05) is 19.1 Å². The second kappa shape index (κ2) is 5.67. The van der Waals surface area contributed by atoms with E-state index in [0.29, 0.717) is 13.1 Å². The average Bonchev–Trinajstić information content (AvgIpc) is 2.68.